The standard InChI is InChI=1S/C30H30N2O4/c1-20-9-11-21(12-10-20)27-19-31-28(36-27)13-14-29(33)32-16-15-23-17-25(34-2)26(35-3)18-24(23)30(32)22-7-5-4-6-8-22/h4-12,17-19,30H,13-16H2,1-3H3. The zero-order valence-electron chi connectivity index (χ0n) is 20.9. The summed E-state index contributed by atoms with van der Waals surface area (Å²) in [5.74, 6) is 2.72. The van der Waals surface area contributed by atoms with Crippen molar-refractivity contribution in [2.24, 2.45) is 0 Å². The molecule has 1 aromatic heterocycles. The summed E-state index contributed by atoms with van der Waals surface area (Å²) in [5, 5.41) is 0. The lowest BCUT2D eigenvalue weighted by Gasteiger charge is -2.38. The summed E-state index contributed by atoms with van der Waals surface area (Å²) < 4.78 is 17.1. The highest BCUT2D eigenvalue weighted by molar-refractivity contribution is 5.78. The molecule has 1 amide bonds. The Balaban J connectivity index is 1.38. The molecule has 0 aliphatic carbocycles. The van der Waals surface area contributed by atoms with E-state index < -0.39 is 0 Å². The van der Waals surface area contributed by atoms with Gasteiger partial charge in [0.2, 0.25) is 5.91 Å². The molecule has 2 heterocycles. The highest BCUT2D eigenvalue weighted by Crippen LogP contribution is 2.41. The maximum Gasteiger partial charge on any atom is 0.223 e. The average Bonchev–Trinajstić information content (AvgIpc) is 3.40. The summed E-state index contributed by atoms with van der Waals surface area (Å²) in [5.41, 5.74) is 5.47. The SMILES string of the molecule is COc1cc2c(cc1OC)C(c1ccccc1)N(C(=O)CCc1ncc(-c3ccc(C)cc3)o1)CC2. The van der Waals surface area contributed by atoms with Gasteiger partial charge in [0.1, 0.15) is 0 Å². The second-order valence-corrected chi connectivity index (χ2v) is 9.04. The zero-order valence-corrected chi connectivity index (χ0v) is 20.9. The van der Waals surface area contributed by atoms with Crippen LogP contribution in [-0.4, -0.2) is 36.6 Å². The molecule has 4 aromatic rings. The van der Waals surface area contributed by atoms with Crippen molar-refractivity contribution < 1.29 is 18.7 Å². The Bertz CT molecular complexity index is 1350. The predicted molar refractivity (Wildman–Crippen MR) is 138 cm³/mol. The quantitative estimate of drug-likeness (QED) is 0.334. The number of carbonyl (C=O) groups is 1. The van der Waals surface area contributed by atoms with Crippen molar-refractivity contribution in [3.63, 3.8) is 0 Å². The third kappa shape index (κ3) is 4.71. The molecule has 0 bridgehead atoms. The number of benzene rings is 3. The van der Waals surface area contributed by atoms with Gasteiger partial charge in [-0.05, 0) is 42.2 Å². The largest absolute Gasteiger partial charge is 0.493 e. The highest BCUT2D eigenvalue weighted by Gasteiger charge is 2.33. The van der Waals surface area contributed by atoms with Crippen LogP contribution in [0.3, 0.4) is 0 Å². The van der Waals surface area contributed by atoms with E-state index in [-0.39, 0.29) is 11.9 Å². The van der Waals surface area contributed by atoms with Gasteiger partial charge < -0.3 is 18.8 Å². The second kappa shape index (κ2) is 10.3. The number of aromatic nitrogens is 1. The van der Waals surface area contributed by atoms with E-state index in [9.17, 15) is 4.79 Å². The first-order valence-corrected chi connectivity index (χ1v) is 12.2. The molecule has 0 spiro atoms. The van der Waals surface area contributed by atoms with Crippen LogP contribution < -0.4 is 9.47 Å². The van der Waals surface area contributed by atoms with Gasteiger partial charge in [-0.1, -0.05) is 60.2 Å². The lowest BCUT2D eigenvalue weighted by molar-refractivity contribution is -0.133. The normalized spacial score (nSPS) is 14.9. The number of amides is 1. The minimum absolute atomic E-state index is 0.0689. The summed E-state index contributed by atoms with van der Waals surface area (Å²) >= 11 is 0. The van der Waals surface area contributed by atoms with Crippen LogP contribution in [0.15, 0.2) is 77.3 Å². The molecule has 6 heteroatoms. The fourth-order valence-corrected chi connectivity index (χ4v) is 4.84. The maximum absolute atomic E-state index is 13.6. The van der Waals surface area contributed by atoms with E-state index in [0.717, 1.165) is 23.1 Å². The number of carbonyl (C=O) groups excluding carboxylic acids is 1. The van der Waals surface area contributed by atoms with Gasteiger partial charge in [-0.25, -0.2) is 4.98 Å². The molecule has 0 saturated heterocycles. The van der Waals surface area contributed by atoms with E-state index in [2.05, 4.69) is 24.0 Å². The lowest BCUT2D eigenvalue weighted by Crippen LogP contribution is -2.40. The van der Waals surface area contributed by atoms with Crippen LogP contribution >= 0.6 is 0 Å². The third-order valence-electron chi connectivity index (χ3n) is 6.75. The van der Waals surface area contributed by atoms with Crippen molar-refractivity contribution in [2.75, 3.05) is 20.8 Å². The first kappa shape index (κ1) is 23.7. The van der Waals surface area contributed by atoms with Crippen molar-refractivity contribution in [3.05, 3.63) is 101 Å². The van der Waals surface area contributed by atoms with Crippen molar-refractivity contribution >= 4 is 5.91 Å². The minimum Gasteiger partial charge on any atom is -0.493 e. The maximum atomic E-state index is 13.6. The van der Waals surface area contributed by atoms with E-state index in [1.165, 1.54) is 11.1 Å². The fraction of sp³-hybridized carbons (Fsp3) is 0.267. The van der Waals surface area contributed by atoms with Gasteiger partial charge in [-0.3, -0.25) is 4.79 Å². The highest BCUT2D eigenvalue weighted by atomic mass is 16.5. The van der Waals surface area contributed by atoms with Crippen LogP contribution in [0.4, 0.5) is 0 Å². The van der Waals surface area contributed by atoms with Gasteiger partial charge in [0, 0.05) is 24.9 Å². The molecule has 6 nitrogen and oxygen atoms in total. The van der Waals surface area contributed by atoms with Crippen molar-refractivity contribution in [1.29, 1.82) is 0 Å². The number of methoxy groups -OCH3 is 2. The summed E-state index contributed by atoms with van der Waals surface area (Å²) in [7, 11) is 3.28. The fourth-order valence-electron chi connectivity index (χ4n) is 4.84. The Morgan fingerprint density at radius 2 is 1.75 bits per heavy atom. The topological polar surface area (TPSA) is 64.8 Å². The van der Waals surface area contributed by atoms with E-state index in [1.54, 1.807) is 20.4 Å². The van der Waals surface area contributed by atoms with E-state index in [4.69, 9.17) is 13.9 Å². The molecule has 0 saturated carbocycles. The summed E-state index contributed by atoms with van der Waals surface area (Å²) in [6.07, 6.45) is 3.25. The number of hydrogen-bond donors (Lipinski definition) is 0. The van der Waals surface area contributed by atoms with Crippen LogP contribution in [0.1, 0.15) is 40.6 Å². The Morgan fingerprint density at radius 1 is 1.03 bits per heavy atom. The van der Waals surface area contributed by atoms with Crippen LogP contribution in [0.2, 0.25) is 0 Å². The van der Waals surface area contributed by atoms with E-state index in [0.29, 0.717) is 42.5 Å². The van der Waals surface area contributed by atoms with Crippen molar-refractivity contribution in [1.82, 2.24) is 9.88 Å². The molecule has 1 unspecified atom stereocenters. The number of rotatable bonds is 7. The molecular weight excluding hydrogens is 452 g/mol. The Labute approximate surface area is 211 Å². The first-order valence-electron chi connectivity index (χ1n) is 12.2. The molecule has 184 valence electrons. The zero-order chi connectivity index (χ0) is 25.1. The van der Waals surface area contributed by atoms with Crippen LogP contribution in [0, 0.1) is 6.92 Å². The molecule has 1 atom stereocenters. The van der Waals surface area contributed by atoms with Gasteiger partial charge in [-0.2, -0.15) is 0 Å². The molecular formula is C30H30N2O4. The van der Waals surface area contributed by atoms with Crippen molar-refractivity contribution in [3.8, 4) is 22.8 Å². The Hall–Kier alpha value is -4.06. The van der Waals surface area contributed by atoms with Crippen LogP contribution in [-0.2, 0) is 17.6 Å². The second-order valence-electron chi connectivity index (χ2n) is 9.04. The molecule has 0 N–H and O–H groups in total. The molecule has 0 fully saturated rings. The molecule has 3 aromatic carbocycles. The van der Waals surface area contributed by atoms with Gasteiger partial charge in [0.25, 0.3) is 0 Å². The van der Waals surface area contributed by atoms with Gasteiger partial charge in [-0.15, -0.1) is 0 Å². The molecule has 1 aliphatic rings. The summed E-state index contributed by atoms with van der Waals surface area (Å²) in [6.45, 7) is 2.68. The molecule has 0 radical (unpaired) electrons. The summed E-state index contributed by atoms with van der Waals surface area (Å²) in [4.78, 5) is 19.9. The Morgan fingerprint density at radius 3 is 2.47 bits per heavy atom. The van der Waals surface area contributed by atoms with Gasteiger partial charge in [0.05, 0.1) is 26.5 Å². The predicted octanol–water partition coefficient (Wildman–Crippen LogP) is 5.77. The molecule has 36 heavy (non-hydrogen) atoms. The average molecular weight is 483 g/mol. The monoisotopic (exact) mass is 482 g/mol. The summed E-state index contributed by atoms with van der Waals surface area (Å²) in [6, 6.07) is 22.1. The smallest absolute Gasteiger partial charge is 0.223 e. The van der Waals surface area contributed by atoms with Gasteiger partial charge >= 0.3 is 0 Å². The molecule has 1 aliphatic heterocycles. The third-order valence-corrected chi connectivity index (χ3v) is 6.75. The number of aryl methyl sites for hydroxylation is 2. The number of hydrogen-bond acceptors (Lipinski definition) is 5. The molecule has 5 rings (SSSR count). The first-order chi connectivity index (χ1) is 17.6. The lowest BCUT2D eigenvalue weighted by atomic mass is 9.87. The number of oxazole rings is 1. The number of fused-ring (bicyclic) bond motifs is 1. The van der Waals surface area contributed by atoms with E-state index >= 15 is 0 Å². The minimum atomic E-state index is -0.199. The van der Waals surface area contributed by atoms with E-state index in [1.807, 2.05) is 59.5 Å². The van der Waals surface area contributed by atoms with Crippen LogP contribution in [0.25, 0.3) is 11.3 Å². The van der Waals surface area contributed by atoms with Crippen LogP contribution in [0.5, 0.6) is 11.5 Å². The number of nitrogens with zero attached hydrogens (tertiary/aromatic N) is 2. The number of ether oxygens (including phenoxy) is 2. The Kier molecular flexibility index (Phi) is 6.76. The van der Waals surface area contributed by atoms with Gasteiger partial charge in [0.15, 0.2) is 23.1 Å². The van der Waals surface area contributed by atoms with Crippen molar-refractivity contribution in [2.45, 2.75) is 32.2 Å².